The molecule has 0 saturated carbocycles. The molecule has 1 atom stereocenters. The number of rotatable bonds is 4. The topological polar surface area (TPSA) is 58.2 Å². The summed E-state index contributed by atoms with van der Waals surface area (Å²) in [5.74, 6) is -3.16. The Kier molecular flexibility index (Phi) is 5.44. The van der Waals surface area contributed by atoms with Gasteiger partial charge in [0.15, 0.2) is 11.6 Å². The van der Waals surface area contributed by atoms with Crippen LogP contribution in [-0.4, -0.2) is 18.9 Å². The van der Waals surface area contributed by atoms with Crippen LogP contribution in [0.5, 0.6) is 0 Å². The van der Waals surface area contributed by atoms with E-state index in [1.165, 1.54) is 13.1 Å². The van der Waals surface area contributed by atoms with Crippen LogP contribution in [0.2, 0.25) is 0 Å². The molecule has 2 aromatic carbocycles. The van der Waals surface area contributed by atoms with E-state index in [2.05, 4.69) is 26.6 Å². The van der Waals surface area contributed by atoms with E-state index in [4.69, 9.17) is 0 Å². The molecular formula is C16H13BrF2N2O2. The highest BCUT2D eigenvalue weighted by Gasteiger charge is 2.23. The second kappa shape index (κ2) is 7.32. The zero-order chi connectivity index (χ0) is 17.0. The van der Waals surface area contributed by atoms with Crippen molar-refractivity contribution in [1.82, 2.24) is 10.6 Å². The number of carbonyl (C=O) groups is 2. The van der Waals surface area contributed by atoms with Crippen LogP contribution in [-0.2, 0) is 4.79 Å². The molecular weight excluding hydrogens is 370 g/mol. The van der Waals surface area contributed by atoms with Crippen molar-refractivity contribution in [3.63, 3.8) is 0 Å². The van der Waals surface area contributed by atoms with Gasteiger partial charge in [-0.1, -0.05) is 22.0 Å². The summed E-state index contributed by atoms with van der Waals surface area (Å²) in [6, 6.07) is 8.43. The maximum absolute atomic E-state index is 13.4. The number of hydrogen-bond donors (Lipinski definition) is 2. The number of likely N-dealkylation sites (N-methyl/N-ethyl adjacent to an activating group) is 1. The summed E-state index contributed by atoms with van der Waals surface area (Å²) in [7, 11) is 1.39. The van der Waals surface area contributed by atoms with Crippen LogP contribution in [0.3, 0.4) is 0 Å². The van der Waals surface area contributed by atoms with Gasteiger partial charge in [0.25, 0.3) is 5.91 Å². The van der Waals surface area contributed by atoms with Crippen molar-refractivity contribution < 1.29 is 18.4 Å². The lowest BCUT2D eigenvalue weighted by Crippen LogP contribution is -2.39. The molecule has 0 aliphatic carbocycles. The van der Waals surface area contributed by atoms with Crippen LogP contribution < -0.4 is 10.6 Å². The second-order valence-corrected chi connectivity index (χ2v) is 5.62. The predicted molar refractivity (Wildman–Crippen MR) is 84.8 cm³/mol. The summed E-state index contributed by atoms with van der Waals surface area (Å²) >= 11 is 3.26. The fourth-order valence-electron chi connectivity index (χ4n) is 1.95. The van der Waals surface area contributed by atoms with E-state index >= 15 is 0 Å². The lowest BCUT2D eigenvalue weighted by atomic mass is 10.0. The molecule has 0 fully saturated rings. The van der Waals surface area contributed by atoms with Gasteiger partial charge in [-0.3, -0.25) is 9.59 Å². The molecule has 7 heteroatoms. The van der Waals surface area contributed by atoms with E-state index in [9.17, 15) is 18.4 Å². The highest BCUT2D eigenvalue weighted by Crippen LogP contribution is 2.18. The minimum absolute atomic E-state index is 0.147. The molecule has 0 aromatic heterocycles. The van der Waals surface area contributed by atoms with Gasteiger partial charge in [0.2, 0.25) is 5.91 Å². The Bertz CT molecular complexity index is 735. The summed E-state index contributed by atoms with van der Waals surface area (Å²) in [4.78, 5) is 24.2. The molecule has 0 aliphatic rings. The van der Waals surface area contributed by atoms with Crippen molar-refractivity contribution in [1.29, 1.82) is 0 Å². The zero-order valence-corrected chi connectivity index (χ0v) is 13.7. The van der Waals surface area contributed by atoms with Gasteiger partial charge < -0.3 is 10.6 Å². The number of amides is 2. The largest absolute Gasteiger partial charge is 0.357 e. The summed E-state index contributed by atoms with van der Waals surface area (Å²) in [5.41, 5.74) is 0.485. The van der Waals surface area contributed by atoms with E-state index in [0.717, 1.165) is 16.6 Å². The van der Waals surface area contributed by atoms with Crippen LogP contribution in [0.25, 0.3) is 0 Å². The number of halogens is 3. The van der Waals surface area contributed by atoms with Crippen LogP contribution in [0.1, 0.15) is 22.0 Å². The Morgan fingerprint density at radius 3 is 2.26 bits per heavy atom. The molecule has 0 spiro atoms. The van der Waals surface area contributed by atoms with E-state index in [1.54, 1.807) is 24.3 Å². The maximum atomic E-state index is 13.4. The van der Waals surface area contributed by atoms with Crippen LogP contribution in [0, 0.1) is 11.6 Å². The molecule has 1 unspecified atom stereocenters. The lowest BCUT2D eigenvalue weighted by Gasteiger charge is -2.18. The fourth-order valence-corrected chi connectivity index (χ4v) is 2.22. The van der Waals surface area contributed by atoms with E-state index in [-0.39, 0.29) is 5.56 Å². The maximum Gasteiger partial charge on any atom is 0.252 e. The third kappa shape index (κ3) is 4.13. The van der Waals surface area contributed by atoms with Gasteiger partial charge in [-0.15, -0.1) is 0 Å². The van der Waals surface area contributed by atoms with Gasteiger partial charge in [0.1, 0.15) is 6.04 Å². The van der Waals surface area contributed by atoms with E-state index in [1.807, 2.05) is 0 Å². The minimum Gasteiger partial charge on any atom is -0.357 e. The van der Waals surface area contributed by atoms with Crippen LogP contribution in [0.15, 0.2) is 46.9 Å². The van der Waals surface area contributed by atoms with Gasteiger partial charge in [-0.05, 0) is 42.0 Å². The highest BCUT2D eigenvalue weighted by molar-refractivity contribution is 9.10. The monoisotopic (exact) mass is 382 g/mol. The van der Waals surface area contributed by atoms with Crippen LogP contribution >= 0.6 is 15.9 Å². The quantitative estimate of drug-likeness (QED) is 0.853. The first-order valence-corrected chi connectivity index (χ1v) is 7.44. The third-order valence-electron chi connectivity index (χ3n) is 3.17. The summed E-state index contributed by atoms with van der Waals surface area (Å²) < 4.78 is 27.2. The first-order valence-electron chi connectivity index (χ1n) is 6.65. The van der Waals surface area contributed by atoms with Crippen LogP contribution in [0.4, 0.5) is 8.78 Å². The third-order valence-corrected chi connectivity index (χ3v) is 3.70. The number of nitrogens with one attached hydrogen (secondary N) is 2. The Labute approximate surface area is 140 Å². The van der Waals surface area contributed by atoms with Crippen molar-refractivity contribution in [3.8, 4) is 0 Å². The molecule has 0 saturated heterocycles. The molecule has 0 radical (unpaired) electrons. The normalized spacial score (nSPS) is 11.7. The number of benzene rings is 2. The molecule has 4 nitrogen and oxygen atoms in total. The first-order chi connectivity index (χ1) is 10.9. The number of hydrogen-bond acceptors (Lipinski definition) is 2. The van der Waals surface area contributed by atoms with Gasteiger partial charge in [0, 0.05) is 17.1 Å². The summed E-state index contributed by atoms with van der Waals surface area (Å²) in [5, 5.41) is 4.90. The second-order valence-electron chi connectivity index (χ2n) is 4.70. The Balaban J connectivity index is 2.28. The fraction of sp³-hybridized carbons (Fsp3) is 0.125. The van der Waals surface area contributed by atoms with Gasteiger partial charge >= 0.3 is 0 Å². The van der Waals surface area contributed by atoms with Crippen molar-refractivity contribution in [2.24, 2.45) is 0 Å². The average Bonchev–Trinajstić information content (AvgIpc) is 2.55. The smallest absolute Gasteiger partial charge is 0.252 e. The van der Waals surface area contributed by atoms with E-state index < -0.39 is 29.5 Å². The minimum atomic E-state index is -1.13. The van der Waals surface area contributed by atoms with Gasteiger partial charge in [-0.2, -0.15) is 0 Å². The van der Waals surface area contributed by atoms with Gasteiger partial charge in [-0.25, -0.2) is 8.78 Å². The standard InChI is InChI=1S/C16H13BrF2N2O2/c1-20-16(23)14(10-4-7-12(18)13(19)8-10)21-15(22)9-2-5-11(17)6-3-9/h2-8,14H,1H3,(H,20,23)(H,21,22). The molecule has 0 aliphatic heterocycles. The molecule has 0 heterocycles. The molecule has 2 rings (SSSR count). The molecule has 2 N–H and O–H groups in total. The predicted octanol–water partition coefficient (Wildman–Crippen LogP) is 2.94. The molecule has 2 aromatic rings. The Morgan fingerprint density at radius 2 is 1.70 bits per heavy atom. The molecule has 2 amide bonds. The first kappa shape index (κ1) is 17.1. The molecule has 0 bridgehead atoms. The van der Waals surface area contributed by atoms with Crippen molar-refractivity contribution >= 4 is 27.7 Å². The molecule has 120 valence electrons. The van der Waals surface area contributed by atoms with E-state index in [0.29, 0.717) is 5.56 Å². The lowest BCUT2D eigenvalue weighted by molar-refractivity contribution is -0.122. The van der Waals surface area contributed by atoms with Crippen molar-refractivity contribution in [2.45, 2.75) is 6.04 Å². The Morgan fingerprint density at radius 1 is 1.04 bits per heavy atom. The summed E-state index contributed by atoms with van der Waals surface area (Å²) in [6.07, 6.45) is 0. The van der Waals surface area contributed by atoms with Gasteiger partial charge in [0.05, 0.1) is 0 Å². The SMILES string of the molecule is CNC(=O)C(NC(=O)c1ccc(Br)cc1)c1ccc(F)c(F)c1. The zero-order valence-electron chi connectivity index (χ0n) is 12.1. The summed E-state index contributed by atoms with van der Waals surface area (Å²) in [6.45, 7) is 0. The number of carbonyl (C=O) groups excluding carboxylic acids is 2. The molecule has 23 heavy (non-hydrogen) atoms. The highest BCUT2D eigenvalue weighted by atomic mass is 79.9. The van der Waals surface area contributed by atoms with Crippen molar-refractivity contribution in [3.05, 3.63) is 69.7 Å². The Hall–Kier alpha value is -2.28. The average molecular weight is 383 g/mol. The van der Waals surface area contributed by atoms with Crippen molar-refractivity contribution in [2.75, 3.05) is 7.05 Å².